The quantitative estimate of drug-likeness (QED) is 0.805. The van der Waals surface area contributed by atoms with Crippen LogP contribution in [0.25, 0.3) is 0 Å². The molecule has 0 aromatic carbocycles. The molecule has 2 heterocycles. The van der Waals surface area contributed by atoms with Gasteiger partial charge in [0.05, 0.1) is 6.10 Å². The molecule has 2 fully saturated rings. The van der Waals surface area contributed by atoms with E-state index in [4.69, 9.17) is 4.74 Å². The van der Waals surface area contributed by atoms with Gasteiger partial charge in [-0.15, -0.1) is 0 Å². The van der Waals surface area contributed by atoms with Crippen molar-refractivity contribution in [2.24, 2.45) is 0 Å². The first-order valence-electron chi connectivity index (χ1n) is 6.96. The van der Waals surface area contributed by atoms with Crippen molar-refractivity contribution in [1.29, 1.82) is 0 Å². The Balaban J connectivity index is 1.68. The number of piperidine rings is 1. The fourth-order valence-electron chi connectivity index (χ4n) is 2.56. The molecule has 4 nitrogen and oxygen atoms in total. The molecule has 0 unspecified atom stereocenters. The van der Waals surface area contributed by atoms with E-state index in [0.29, 0.717) is 0 Å². The van der Waals surface area contributed by atoms with Gasteiger partial charge in [-0.2, -0.15) is 0 Å². The summed E-state index contributed by atoms with van der Waals surface area (Å²) in [6.07, 6.45) is 7.30. The fourth-order valence-corrected chi connectivity index (χ4v) is 2.56. The second-order valence-corrected chi connectivity index (χ2v) is 5.07. The molecule has 1 amide bonds. The van der Waals surface area contributed by atoms with Gasteiger partial charge in [-0.3, -0.25) is 4.79 Å². The van der Waals surface area contributed by atoms with Gasteiger partial charge in [-0.25, -0.2) is 0 Å². The molecule has 4 heteroatoms. The first-order chi connectivity index (χ1) is 8.36. The molecule has 0 saturated carbocycles. The van der Waals surface area contributed by atoms with Crippen LogP contribution in [0.3, 0.4) is 0 Å². The molecule has 1 atom stereocenters. The number of carbonyl (C=O) groups excluding carboxylic acids is 1. The van der Waals surface area contributed by atoms with Gasteiger partial charge in [0.25, 0.3) is 0 Å². The minimum atomic E-state index is 0.178. The zero-order valence-corrected chi connectivity index (χ0v) is 10.6. The van der Waals surface area contributed by atoms with Crippen LogP contribution in [0, 0.1) is 0 Å². The third-order valence-electron chi connectivity index (χ3n) is 3.65. The van der Waals surface area contributed by atoms with Gasteiger partial charge in [0.15, 0.2) is 0 Å². The largest absolute Gasteiger partial charge is 0.367 e. The Hall–Kier alpha value is -0.610. The highest BCUT2D eigenvalue weighted by atomic mass is 16.5. The summed E-state index contributed by atoms with van der Waals surface area (Å²) in [6.45, 7) is 4.09. The average Bonchev–Trinajstić information content (AvgIpc) is 2.66. The molecule has 2 saturated heterocycles. The highest BCUT2D eigenvalue weighted by Crippen LogP contribution is 2.11. The van der Waals surface area contributed by atoms with E-state index in [2.05, 4.69) is 5.32 Å². The molecule has 0 spiro atoms. The minimum Gasteiger partial charge on any atom is -0.367 e. The highest BCUT2D eigenvalue weighted by molar-refractivity contribution is 5.77. The standard InChI is InChI=1S/C13H24N2O2/c16-13(15-8-3-1-2-4-9-15)11-17-12-6-5-7-14-10-12/h12,14H,1-11H2/t12-/m0/s1. The van der Waals surface area contributed by atoms with E-state index in [1.807, 2.05) is 4.90 Å². The van der Waals surface area contributed by atoms with Crippen molar-refractivity contribution in [3.63, 3.8) is 0 Å². The Kier molecular flexibility index (Phi) is 5.26. The zero-order valence-electron chi connectivity index (χ0n) is 10.6. The lowest BCUT2D eigenvalue weighted by Crippen LogP contribution is -2.40. The molecule has 0 aliphatic carbocycles. The van der Waals surface area contributed by atoms with E-state index < -0.39 is 0 Å². The number of hydrogen-bond donors (Lipinski definition) is 1. The van der Waals surface area contributed by atoms with E-state index in [1.165, 1.54) is 12.8 Å². The molecule has 0 bridgehead atoms. The van der Waals surface area contributed by atoms with Gasteiger partial charge in [0.2, 0.25) is 5.91 Å². The third-order valence-corrected chi connectivity index (χ3v) is 3.65. The van der Waals surface area contributed by atoms with Crippen molar-refractivity contribution in [3.05, 3.63) is 0 Å². The average molecular weight is 240 g/mol. The lowest BCUT2D eigenvalue weighted by Gasteiger charge is -2.25. The molecule has 0 aromatic heterocycles. The number of ether oxygens (including phenoxy) is 1. The number of carbonyl (C=O) groups is 1. The maximum absolute atomic E-state index is 12.0. The second kappa shape index (κ2) is 6.97. The number of hydrogen-bond acceptors (Lipinski definition) is 3. The summed E-state index contributed by atoms with van der Waals surface area (Å²) in [5.41, 5.74) is 0. The second-order valence-electron chi connectivity index (χ2n) is 5.07. The Labute approximate surface area is 104 Å². The van der Waals surface area contributed by atoms with Crippen LogP contribution in [0.2, 0.25) is 0 Å². The summed E-state index contributed by atoms with van der Waals surface area (Å²) in [7, 11) is 0. The molecule has 17 heavy (non-hydrogen) atoms. The number of amides is 1. The van der Waals surface area contributed by atoms with E-state index in [1.54, 1.807) is 0 Å². The Morgan fingerprint density at radius 2 is 1.94 bits per heavy atom. The van der Waals surface area contributed by atoms with Gasteiger partial charge in [-0.05, 0) is 32.2 Å². The van der Waals surface area contributed by atoms with E-state index >= 15 is 0 Å². The van der Waals surface area contributed by atoms with Crippen molar-refractivity contribution in [2.75, 3.05) is 32.8 Å². The minimum absolute atomic E-state index is 0.178. The van der Waals surface area contributed by atoms with Crippen LogP contribution >= 0.6 is 0 Å². The smallest absolute Gasteiger partial charge is 0.248 e. The van der Waals surface area contributed by atoms with Crippen molar-refractivity contribution >= 4 is 5.91 Å². The van der Waals surface area contributed by atoms with Gasteiger partial charge < -0.3 is 15.0 Å². The normalized spacial score (nSPS) is 26.6. The predicted molar refractivity (Wildman–Crippen MR) is 66.9 cm³/mol. The van der Waals surface area contributed by atoms with Crippen molar-refractivity contribution in [1.82, 2.24) is 10.2 Å². The van der Waals surface area contributed by atoms with Crippen LogP contribution in [-0.2, 0) is 9.53 Å². The molecule has 0 aromatic rings. The Morgan fingerprint density at radius 1 is 1.18 bits per heavy atom. The molecule has 1 N–H and O–H groups in total. The Bertz CT molecular complexity index is 232. The first-order valence-corrected chi connectivity index (χ1v) is 6.96. The molecular weight excluding hydrogens is 216 g/mol. The number of nitrogens with one attached hydrogen (secondary N) is 1. The van der Waals surface area contributed by atoms with Crippen LogP contribution in [-0.4, -0.2) is 49.7 Å². The number of nitrogens with zero attached hydrogens (tertiary/aromatic N) is 1. The van der Waals surface area contributed by atoms with Gasteiger partial charge in [-0.1, -0.05) is 12.8 Å². The number of likely N-dealkylation sites (tertiary alicyclic amines) is 1. The summed E-state index contributed by atoms with van der Waals surface area (Å²) in [5, 5.41) is 3.30. The fraction of sp³-hybridized carbons (Fsp3) is 0.923. The van der Waals surface area contributed by atoms with E-state index in [0.717, 1.165) is 51.9 Å². The van der Waals surface area contributed by atoms with E-state index in [9.17, 15) is 4.79 Å². The topological polar surface area (TPSA) is 41.6 Å². The lowest BCUT2D eigenvalue weighted by molar-refractivity contribution is -0.138. The molecule has 0 radical (unpaired) electrons. The Morgan fingerprint density at radius 3 is 2.59 bits per heavy atom. The number of rotatable bonds is 3. The molecule has 2 aliphatic heterocycles. The van der Waals surface area contributed by atoms with E-state index in [-0.39, 0.29) is 18.6 Å². The maximum Gasteiger partial charge on any atom is 0.248 e. The van der Waals surface area contributed by atoms with Crippen molar-refractivity contribution < 1.29 is 9.53 Å². The first kappa shape index (κ1) is 12.8. The zero-order chi connectivity index (χ0) is 11.9. The third kappa shape index (κ3) is 4.28. The lowest BCUT2D eigenvalue weighted by atomic mass is 10.1. The van der Waals surface area contributed by atoms with Gasteiger partial charge >= 0.3 is 0 Å². The summed E-state index contributed by atoms with van der Waals surface area (Å²) >= 11 is 0. The molecular formula is C13H24N2O2. The predicted octanol–water partition coefficient (Wildman–Crippen LogP) is 1.16. The van der Waals surface area contributed by atoms with Crippen LogP contribution in [0.5, 0.6) is 0 Å². The molecule has 2 aliphatic rings. The van der Waals surface area contributed by atoms with Crippen LogP contribution in [0.1, 0.15) is 38.5 Å². The highest BCUT2D eigenvalue weighted by Gasteiger charge is 2.18. The summed E-state index contributed by atoms with van der Waals surface area (Å²) in [4.78, 5) is 13.9. The summed E-state index contributed by atoms with van der Waals surface area (Å²) in [6, 6.07) is 0. The molecule has 2 rings (SSSR count). The van der Waals surface area contributed by atoms with Crippen molar-refractivity contribution in [2.45, 2.75) is 44.6 Å². The summed E-state index contributed by atoms with van der Waals surface area (Å²) < 4.78 is 5.69. The SMILES string of the molecule is O=C(CO[C@H]1CCCNC1)N1CCCCCC1. The molecule has 98 valence electrons. The van der Waals surface area contributed by atoms with Gasteiger partial charge in [0, 0.05) is 19.6 Å². The van der Waals surface area contributed by atoms with Crippen molar-refractivity contribution in [3.8, 4) is 0 Å². The van der Waals surface area contributed by atoms with Gasteiger partial charge in [0.1, 0.15) is 6.61 Å². The maximum atomic E-state index is 12.0. The monoisotopic (exact) mass is 240 g/mol. The van der Waals surface area contributed by atoms with Crippen LogP contribution < -0.4 is 5.32 Å². The van der Waals surface area contributed by atoms with Crippen LogP contribution in [0.4, 0.5) is 0 Å². The van der Waals surface area contributed by atoms with Crippen LogP contribution in [0.15, 0.2) is 0 Å². The summed E-state index contributed by atoms with van der Waals surface area (Å²) in [5.74, 6) is 0.178.